The van der Waals surface area contributed by atoms with Crippen LogP contribution >= 0.6 is 0 Å². The number of nitrogens with zero attached hydrogens (tertiary/aromatic N) is 3. The molecule has 31 heavy (non-hydrogen) atoms. The first kappa shape index (κ1) is 24.7. The van der Waals surface area contributed by atoms with Crippen LogP contribution in [-0.2, 0) is 19.6 Å². The summed E-state index contributed by atoms with van der Waals surface area (Å²) in [7, 11) is -4.36. The summed E-state index contributed by atoms with van der Waals surface area (Å²) in [6.45, 7) is 7.11. The van der Waals surface area contributed by atoms with Crippen molar-refractivity contribution in [2.75, 3.05) is 13.1 Å². The topological polar surface area (TPSA) is 138 Å². The van der Waals surface area contributed by atoms with Crippen LogP contribution in [-0.4, -0.2) is 64.7 Å². The van der Waals surface area contributed by atoms with E-state index in [1.54, 1.807) is 0 Å². The van der Waals surface area contributed by atoms with Gasteiger partial charge in [0, 0.05) is 19.2 Å². The predicted molar refractivity (Wildman–Crippen MR) is 113 cm³/mol. The molecule has 1 heterocycles. The maximum atomic E-state index is 13.4. The number of amides is 1. The third kappa shape index (κ3) is 5.40. The van der Waals surface area contributed by atoms with E-state index < -0.39 is 49.5 Å². The van der Waals surface area contributed by atoms with E-state index in [4.69, 9.17) is 0 Å². The van der Waals surface area contributed by atoms with Crippen LogP contribution in [0.15, 0.2) is 29.2 Å². The molecule has 2 rings (SSSR count). The Morgan fingerprint density at radius 1 is 1.19 bits per heavy atom. The minimum absolute atomic E-state index is 0.0196. The van der Waals surface area contributed by atoms with E-state index in [9.17, 15) is 33.2 Å². The van der Waals surface area contributed by atoms with Crippen molar-refractivity contribution in [3.05, 3.63) is 34.4 Å². The standard InChI is InChI=1S/C20H29N3O7S/c1-13(2)11-16-19(24)21(17(20(25)26)12-14(3)4)9-10-22(16)31(29,30)18-8-6-5-7-15(18)23(27)28/h5-8,13-14,16-17H,9-12H2,1-4H3,(H,25,26)/t16-,17?/m0/s1. The number of aliphatic carboxylic acids is 1. The van der Waals surface area contributed by atoms with Crippen LogP contribution in [0.2, 0.25) is 0 Å². The number of carboxylic acid groups (broad SMARTS) is 1. The Bertz CT molecular complexity index is 946. The van der Waals surface area contributed by atoms with Crippen molar-refractivity contribution in [1.29, 1.82) is 0 Å². The first-order chi connectivity index (χ1) is 14.4. The Balaban J connectivity index is 2.49. The van der Waals surface area contributed by atoms with E-state index in [2.05, 4.69) is 0 Å². The normalized spacial score (nSPS) is 19.1. The van der Waals surface area contributed by atoms with Gasteiger partial charge in [-0.05, 0) is 30.7 Å². The van der Waals surface area contributed by atoms with Crippen molar-refractivity contribution in [2.24, 2.45) is 11.8 Å². The molecule has 1 N–H and O–H groups in total. The van der Waals surface area contributed by atoms with E-state index in [-0.39, 0.29) is 37.8 Å². The SMILES string of the molecule is CC(C)CC(C(=O)O)N1CCN(S(=O)(=O)c2ccccc2[N+](=O)[O-])[C@@H](CC(C)C)C1=O. The molecule has 1 amide bonds. The van der Waals surface area contributed by atoms with E-state index in [0.717, 1.165) is 16.4 Å². The van der Waals surface area contributed by atoms with Gasteiger partial charge >= 0.3 is 5.97 Å². The van der Waals surface area contributed by atoms with Gasteiger partial charge in [0.1, 0.15) is 12.1 Å². The fourth-order valence-corrected chi connectivity index (χ4v) is 5.55. The van der Waals surface area contributed by atoms with Crippen molar-refractivity contribution in [3.8, 4) is 0 Å². The fourth-order valence-electron chi connectivity index (χ4n) is 3.81. The van der Waals surface area contributed by atoms with Gasteiger partial charge in [-0.2, -0.15) is 4.31 Å². The highest BCUT2D eigenvalue weighted by atomic mass is 32.2. The molecule has 0 bridgehead atoms. The lowest BCUT2D eigenvalue weighted by atomic mass is 9.97. The number of carbonyl (C=O) groups excluding carboxylic acids is 1. The fraction of sp³-hybridized carbons (Fsp3) is 0.600. The molecule has 0 aromatic heterocycles. The number of hydrogen-bond donors (Lipinski definition) is 1. The third-order valence-electron chi connectivity index (χ3n) is 5.18. The summed E-state index contributed by atoms with van der Waals surface area (Å²) in [5, 5.41) is 21.0. The number of sulfonamides is 1. The molecule has 2 atom stereocenters. The Kier molecular flexibility index (Phi) is 7.77. The van der Waals surface area contributed by atoms with Crippen molar-refractivity contribution < 1.29 is 28.0 Å². The zero-order valence-corrected chi connectivity index (χ0v) is 18.9. The van der Waals surface area contributed by atoms with Crippen molar-refractivity contribution in [1.82, 2.24) is 9.21 Å². The number of rotatable bonds is 9. The zero-order chi connectivity index (χ0) is 23.5. The minimum atomic E-state index is -4.36. The second-order valence-corrected chi connectivity index (χ2v) is 10.4. The van der Waals surface area contributed by atoms with E-state index in [0.29, 0.717) is 0 Å². The summed E-state index contributed by atoms with van der Waals surface area (Å²) in [5.74, 6) is -1.77. The molecule has 0 spiro atoms. The summed E-state index contributed by atoms with van der Waals surface area (Å²) in [4.78, 5) is 36.5. The maximum Gasteiger partial charge on any atom is 0.326 e. The highest BCUT2D eigenvalue weighted by Crippen LogP contribution is 2.32. The number of nitro benzene ring substituents is 1. The quantitative estimate of drug-likeness (QED) is 0.445. The van der Waals surface area contributed by atoms with Gasteiger partial charge in [0.25, 0.3) is 15.7 Å². The summed E-state index contributed by atoms with van der Waals surface area (Å²) in [6.07, 6.45) is 0.412. The molecule has 0 aliphatic carbocycles. The highest BCUT2D eigenvalue weighted by molar-refractivity contribution is 7.89. The largest absolute Gasteiger partial charge is 0.480 e. The summed E-state index contributed by atoms with van der Waals surface area (Å²) in [6, 6.07) is 2.82. The van der Waals surface area contributed by atoms with Crippen LogP contribution in [0.25, 0.3) is 0 Å². The summed E-state index contributed by atoms with van der Waals surface area (Å²) in [5.41, 5.74) is -0.566. The molecule has 10 nitrogen and oxygen atoms in total. The van der Waals surface area contributed by atoms with Crippen molar-refractivity contribution >= 4 is 27.6 Å². The molecule has 1 saturated heterocycles. The van der Waals surface area contributed by atoms with Gasteiger partial charge in [-0.3, -0.25) is 14.9 Å². The molecule has 172 valence electrons. The van der Waals surface area contributed by atoms with Crippen molar-refractivity contribution in [3.63, 3.8) is 0 Å². The Labute approximate surface area is 182 Å². The zero-order valence-electron chi connectivity index (χ0n) is 18.1. The smallest absolute Gasteiger partial charge is 0.326 e. The first-order valence-corrected chi connectivity index (χ1v) is 11.6. The van der Waals surface area contributed by atoms with E-state index in [1.807, 2.05) is 27.7 Å². The van der Waals surface area contributed by atoms with Gasteiger partial charge < -0.3 is 10.0 Å². The Hall–Kier alpha value is -2.53. The molecule has 1 aromatic carbocycles. The molecule has 1 unspecified atom stereocenters. The number of para-hydroxylation sites is 1. The van der Waals surface area contributed by atoms with Gasteiger partial charge in [0.15, 0.2) is 4.90 Å². The number of carboxylic acids is 1. The molecular formula is C20H29N3O7S. The number of benzene rings is 1. The summed E-state index contributed by atoms with van der Waals surface area (Å²) < 4.78 is 27.7. The van der Waals surface area contributed by atoms with Crippen LogP contribution in [0.5, 0.6) is 0 Å². The monoisotopic (exact) mass is 455 g/mol. The van der Waals surface area contributed by atoms with Crippen molar-refractivity contribution in [2.45, 2.75) is 57.5 Å². The van der Waals surface area contributed by atoms with Gasteiger partial charge in [-0.1, -0.05) is 39.8 Å². The lowest BCUT2D eigenvalue weighted by molar-refractivity contribution is -0.387. The average molecular weight is 456 g/mol. The number of piperazine rings is 1. The van der Waals surface area contributed by atoms with Gasteiger partial charge in [-0.25, -0.2) is 13.2 Å². The predicted octanol–water partition coefficient (Wildman–Crippen LogP) is 2.34. The van der Waals surface area contributed by atoms with Crippen LogP contribution in [0.3, 0.4) is 0 Å². The Morgan fingerprint density at radius 3 is 2.32 bits per heavy atom. The summed E-state index contributed by atoms with van der Waals surface area (Å²) >= 11 is 0. The van der Waals surface area contributed by atoms with Crippen LogP contribution in [0.4, 0.5) is 5.69 Å². The average Bonchev–Trinajstić information content (AvgIpc) is 2.67. The number of hydrogen-bond acceptors (Lipinski definition) is 6. The van der Waals surface area contributed by atoms with Crippen LogP contribution in [0, 0.1) is 22.0 Å². The molecule has 1 aliphatic heterocycles. The van der Waals surface area contributed by atoms with Gasteiger partial charge in [0.05, 0.1) is 4.92 Å². The van der Waals surface area contributed by atoms with E-state index in [1.165, 1.54) is 17.0 Å². The molecule has 1 aromatic rings. The second kappa shape index (κ2) is 9.73. The maximum absolute atomic E-state index is 13.4. The van der Waals surface area contributed by atoms with E-state index >= 15 is 0 Å². The molecule has 1 fully saturated rings. The number of carbonyl (C=O) groups is 2. The Morgan fingerprint density at radius 2 is 1.81 bits per heavy atom. The van der Waals surface area contributed by atoms with Crippen LogP contribution in [0.1, 0.15) is 40.5 Å². The van der Waals surface area contributed by atoms with Crippen LogP contribution < -0.4 is 0 Å². The molecule has 0 saturated carbocycles. The van der Waals surface area contributed by atoms with Gasteiger partial charge in [0.2, 0.25) is 5.91 Å². The lowest BCUT2D eigenvalue weighted by Gasteiger charge is -2.42. The minimum Gasteiger partial charge on any atom is -0.480 e. The second-order valence-electron chi connectivity index (χ2n) is 8.50. The number of nitro groups is 1. The lowest BCUT2D eigenvalue weighted by Crippen LogP contribution is -2.62. The molecule has 1 aliphatic rings. The third-order valence-corrected chi connectivity index (χ3v) is 7.13. The molecular weight excluding hydrogens is 426 g/mol. The highest BCUT2D eigenvalue weighted by Gasteiger charge is 2.46. The molecule has 0 radical (unpaired) electrons. The van der Waals surface area contributed by atoms with Gasteiger partial charge in [-0.15, -0.1) is 0 Å². The molecule has 11 heteroatoms. The first-order valence-electron chi connectivity index (χ1n) is 10.2.